The van der Waals surface area contributed by atoms with Crippen molar-refractivity contribution < 1.29 is 0 Å². The van der Waals surface area contributed by atoms with Gasteiger partial charge in [-0.25, -0.2) is 0 Å². The number of nitrogens with zero attached hydrogens (tertiary/aromatic N) is 4. The first kappa shape index (κ1) is 28.1. The van der Waals surface area contributed by atoms with Crippen molar-refractivity contribution in [3.8, 4) is 44.8 Å². The summed E-state index contributed by atoms with van der Waals surface area (Å²) in [6.07, 6.45) is 6.87. The Balaban J connectivity index is 1.06. The zero-order valence-electron chi connectivity index (χ0n) is 27.7. The van der Waals surface area contributed by atoms with Crippen molar-refractivity contribution >= 4 is 43.6 Å². The zero-order valence-corrected chi connectivity index (χ0v) is 27.7. The van der Waals surface area contributed by atoms with Gasteiger partial charge in [0.15, 0.2) is 0 Å². The van der Waals surface area contributed by atoms with Crippen LogP contribution in [0.25, 0.3) is 88.4 Å². The van der Waals surface area contributed by atoms with Crippen LogP contribution in [0, 0.1) is 0 Å². The molecule has 1 aliphatic carbocycles. The molecular weight excluding hydrogens is 621 g/mol. The minimum atomic E-state index is 0.783. The lowest BCUT2D eigenvalue weighted by atomic mass is 9.94. The highest BCUT2D eigenvalue weighted by Gasteiger charge is 2.25. The van der Waals surface area contributed by atoms with Gasteiger partial charge in [-0.15, -0.1) is 0 Å². The van der Waals surface area contributed by atoms with Crippen LogP contribution in [-0.4, -0.2) is 19.1 Å². The van der Waals surface area contributed by atoms with E-state index in [1.54, 1.807) is 0 Å². The maximum atomic E-state index is 5.07. The number of hydrogen-bond donors (Lipinski definition) is 0. The number of para-hydroxylation sites is 4. The van der Waals surface area contributed by atoms with Crippen LogP contribution in [0.3, 0.4) is 0 Å². The van der Waals surface area contributed by atoms with Crippen LogP contribution in [0.4, 0.5) is 0 Å². The van der Waals surface area contributed by atoms with Crippen LogP contribution in [0.5, 0.6) is 0 Å². The molecule has 0 spiro atoms. The number of hydrogen-bond acceptors (Lipinski definition) is 2. The molecule has 6 aromatic carbocycles. The van der Waals surface area contributed by atoms with E-state index in [-0.39, 0.29) is 0 Å². The molecule has 0 radical (unpaired) electrons. The molecule has 0 atom stereocenters. The van der Waals surface area contributed by atoms with E-state index < -0.39 is 0 Å². The number of rotatable bonds is 4. The van der Waals surface area contributed by atoms with E-state index in [0.717, 1.165) is 45.7 Å². The summed E-state index contributed by atoms with van der Waals surface area (Å²) >= 11 is 0. The first-order chi connectivity index (χ1) is 25.3. The molecule has 4 nitrogen and oxygen atoms in total. The van der Waals surface area contributed by atoms with Crippen molar-refractivity contribution in [1.29, 1.82) is 0 Å². The van der Waals surface area contributed by atoms with Gasteiger partial charge >= 0.3 is 0 Å². The summed E-state index contributed by atoms with van der Waals surface area (Å²) in [6, 6.07) is 54.7. The van der Waals surface area contributed by atoms with Crippen molar-refractivity contribution in [3.05, 3.63) is 182 Å². The Morgan fingerprint density at radius 3 is 1.61 bits per heavy atom. The quantitative estimate of drug-likeness (QED) is 0.190. The zero-order chi connectivity index (χ0) is 33.5. The van der Waals surface area contributed by atoms with Gasteiger partial charge in [0.05, 0.1) is 27.8 Å². The van der Waals surface area contributed by atoms with E-state index >= 15 is 0 Å². The average Bonchev–Trinajstić information content (AvgIpc) is 3.85. The summed E-state index contributed by atoms with van der Waals surface area (Å²) in [5.41, 5.74) is 16.5. The lowest BCUT2D eigenvalue weighted by molar-refractivity contribution is 1.11. The molecule has 4 heterocycles. The molecule has 1 aliphatic rings. The van der Waals surface area contributed by atoms with Gasteiger partial charge in [-0.05, 0) is 89.0 Å². The van der Waals surface area contributed by atoms with Crippen molar-refractivity contribution in [2.24, 2.45) is 0 Å². The summed E-state index contributed by atoms with van der Waals surface area (Å²) in [4.78, 5) is 9.82. The van der Waals surface area contributed by atoms with Gasteiger partial charge in [-0.1, -0.05) is 84.9 Å². The number of aromatic nitrogens is 4. The largest absolute Gasteiger partial charge is 0.309 e. The van der Waals surface area contributed by atoms with Gasteiger partial charge in [0, 0.05) is 74.6 Å². The predicted octanol–water partition coefficient (Wildman–Crippen LogP) is 11.6. The standard InChI is InChI=1S/C47H30N4/c1-3-11-34(12-4-1)50-43-17-9-7-15-36(43)38-23-30(19-21-45(38)50)32-25-40-42(49-28-32)26-33-27-48-29-41(47(33)40)31-20-22-46-39(24-31)37-16-8-10-18-44(37)51(46)35-13-5-2-6-14-35/h1-25,27-29H,26H2. The van der Waals surface area contributed by atoms with E-state index in [9.17, 15) is 0 Å². The van der Waals surface area contributed by atoms with Gasteiger partial charge in [0.25, 0.3) is 0 Å². The first-order valence-electron chi connectivity index (χ1n) is 17.4. The lowest BCUT2D eigenvalue weighted by Crippen LogP contribution is -1.93. The summed E-state index contributed by atoms with van der Waals surface area (Å²) in [6.45, 7) is 0. The van der Waals surface area contributed by atoms with Crippen molar-refractivity contribution in [3.63, 3.8) is 0 Å². The normalized spacial score (nSPS) is 12.2. The predicted molar refractivity (Wildman–Crippen MR) is 210 cm³/mol. The van der Waals surface area contributed by atoms with E-state index in [1.165, 1.54) is 60.3 Å². The smallest absolute Gasteiger partial charge is 0.0541 e. The molecule has 0 fully saturated rings. The fourth-order valence-corrected chi connectivity index (χ4v) is 8.37. The van der Waals surface area contributed by atoms with Crippen molar-refractivity contribution in [2.45, 2.75) is 6.42 Å². The summed E-state index contributed by atoms with van der Waals surface area (Å²) < 4.78 is 4.72. The molecule has 0 saturated carbocycles. The molecule has 238 valence electrons. The highest BCUT2D eigenvalue weighted by atomic mass is 15.0. The van der Waals surface area contributed by atoms with E-state index in [1.807, 2.05) is 18.6 Å². The monoisotopic (exact) mass is 650 g/mol. The fourth-order valence-electron chi connectivity index (χ4n) is 8.37. The van der Waals surface area contributed by atoms with Gasteiger partial charge < -0.3 is 9.13 Å². The van der Waals surface area contributed by atoms with Crippen LogP contribution < -0.4 is 0 Å². The van der Waals surface area contributed by atoms with E-state index in [4.69, 9.17) is 9.97 Å². The van der Waals surface area contributed by atoms with Crippen molar-refractivity contribution in [2.75, 3.05) is 0 Å². The Labute approximate surface area is 294 Å². The summed E-state index contributed by atoms with van der Waals surface area (Å²) in [7, 11) is 0. The third-order valence-corrected chi connectivity index (χ3v) is 10.6. The molecule has 0 saturated heterocycles. The second-order valence-electron chi connectivity index (χ2n) is 13.5. The molecule has 4 aromatic heterocycles. The topological polar surface area (TPSA) is 35.6 Å². The van der Waals surface area contributed by atoms with Gasteiger partial charge in [-0.2, -0.15) is 0 Å². The minimum absolute atomic E-state index is 0.783. The molecule has 0 bridgehead atoms. The molecule has 0 aliphatic heterocycles. The Morgan fingerprint density at radius 1 is 0.412 bits per heavy atom. The third-order valence-electron chi connectivity index (χ3n) is 10.6. The van der Waals surface area contributed by atoms with Crippen LogP contribution in [-0.2, 0) is 6.42 Å². The highest BCUT2D eigenvalue weighted by Crippen LogP contribution is 2.45. The van der Waals surface area contributed by atoms with Crippen LogP contribution in [0.1, 0.15) is 11.3 Å². The minimum Gasteiger partial charge on any atom is -0.309 e. The molecule has 0 amide bonds. The van der Waals surface area contributed by atoms with Crippen molar-refractivity contribution in [1.82, 2.24) is 19.1 Å². The SMILES string of the molecule is c1ccc(-n2c3ccccc3c3cc(-c4cnc5c(c4)-c4c(cncc4-c4ccc6c(c4)c4ccccc4n6-c4ccccc4)C5)ccc32)cc1. The maximum Gasteiger partial charge on any atom is 0.0541 e. The molecule has 0 unspecified atom stereocenters. The van der Waals surface area contributed by atoms with E-state index in [2.05, 4.69) is 161 Å². The molecule has 51 heavy (non-hydrogen) atoms. The van der Waals surface area contributed by atoms with Crippen LogP contribution in [0.15, 0.2) is 170 Å². The van der Waals surface area contributed by atoms with Crippen LogP contribution in [0.2, 0.25) is 0 Å². The van der Waals surface area contributed by atoms with Gasteiger partial charge in [0.2, 0.25) is 0 Å². The second kappa shape index (κ2) is 10.9. The third kappa shape index (κ3) is 4.20. The maximum absolute atomic E-state index is 5.07. The molecule has 4 heteroatoms. The van der Waals surface area contributed by atoms with Gasteiger partial charge in [0.1, 0.15) is 0 Å². The lowest BCUT2D eigenvalue weighted by Gasteiger charge is -2.12. The molecule has 0 N–H and O–H groups in total. The Kier molecular flexibility index (Phi) is 5.98. The second-order valence-corrected chi connectivity index (χ2v) is 13.5. The first-order valence-corrected chi connectivity index (χ1v) is 17.4. The Bertz CT molecular complexity index is 2990. The summed E-state index contributed by atoms with van der Waals surface area (Å²) in [5.74, 6) is 0. The Morgan fingerprint density at radius 2 is 0.961 bits per heavy atom. The molecular formula is C47H30N4. The number of benzene rings is 6. The fraction of sp³-hybridized carbons (Fsp3) is 0.0213. The summed E-state index contributed by atoms with van der Waals surface area (Å²) in [5, 5.41) is 4.96. The number of fused-ring (bicyclic) bond motifs is 9. The van der Waals surface area contributed by atoms with Crippen LogP contribution >= 0.6 is 0 Å². The average molecular weight is 651 g/mol. The molecule has 10 aromatic rings. The molecule has 11 rings (SSSR count). The highest BCUT2D eigenvalue weighted by molar-refractivity contribution is 6.12. The van der Waals surface area contributed by atoms with Gasteiger partial charge in [-0.3, -0.25) is 9.97 Å². The Hall–Kier alpha value is -6.78. The van der Waals surface area contributed by atoms with E-state index in [0.29, 0.717) is 0 Å². The number of pyridine rings is 2.